The summed E-state index contributed by atoms with van der Waals surface area (Å²) < 4.78 is 12.9. The molecular weight excluding hydrogens is 420 g/mol. The van der Waals surface area contributed by atoms with Gasteiger partial charge in [0.2, 0.25) is 0 Å². The van der Waals surface area contributed by atoms with E-state index in [0.717, 1.165) is 17.0 Å². The largest absolute Gasteiger partial charge is 0.451 e. The SMILES string of the molecule is CCc1sc(-c2nnc(COC(=O)c3cnc(SC)n3-c3ccccc3)o2)cc1C. The Balaban J connectivity index is 1.50. The molecule has 154 valence electrons. The van der Waals surface area contributed by atoms with Gasteiger partial charge in [-0.05, 0) is 43.4 Å². The number of para-hydroxylation sites is 1. The van der Waals surface area contributed by atoms with Crippen molar-refractivity contribution in [3.63, 3.8) is 0 Å². The van der Waals surface area contributed by atoms with Gasteiger partial charge in [0, 0.05) is 10.6 Å². The zero-order valence-corrected chi connectivity index (χ0v) is 18.4. The highest BCUT2D eigenvalue weighted by Crippen LogP contribution is 2.31. The highest BCUT2D eigenvalue weighted by atomic mass is 32.2. The number of thiophene rings is 1. The summed E-state index contributed by atoms with van der Waals surface area (Å²) in [5.41, 5.74) is 2.39. The number of rotatable bonds is 7. The molecule has 0 aliphatic heterocycles. The van der Waals surface area contributed by atoms with E-state index in [1.807, 2.05) is 42.7 Å². The maximum absolute atomic E-state index is 12.7. The van der Waals surface area contributed by atoms with Gasteiger partial charge in [-0.15, -0.1) is 21.5 Å². The zero-order chi connectivity index (χ0) is 21.1. The van der Waals surface area contributed by atoms with Crippen molar-refractivity contribution in [3.05, 3.63) is 64.6 Å². The average Bonchev–Trinajstić information content (AvgIpc) is 3.50. The number of ether oxygens (including phenoxy) is 1. The summed E-state index contributed by atoms with van der Waals surface area (Å²) >= 11 is 3.09. The lowest BCUT2D eigenvalue weighted by Gasteiger charge is -2.10. The van der Waals surface area contributed by atoms with Crippen LogP contribution in [0.4, 0.5) is 0 Å². The molecular formula is C21H20N4O3S2. The van der Waals surface area contributed by atoms with E-state index in [1.54, 1.807) is 15.9 Å². The van der Waals surface area contributed by atoms with Gasteiger partial charge in [-0.1, -0.05) is 36.9 Å². The summed E-state index contributed by atoms with van der Waals surface area (Å²) in [6.45, 7) is 4.08. The number of benzene rings is 1. The molecule has 4 aromatic rings. The second kappa shape index (κ2) is 8.85. The van der Waals surface area contributed by atoms with Gasteiger partial charge in [-0.2, -0.15) is 0 Å². The Bertz CT molecular complexity index is 1160. The van der Waals surface area contributed by atoms with Gasteiger partial charge in [-0.25, -0.2) is 9.78 Å². The van der Waals surface area contributed by atoms with Gasteiger partial charge in [-0.3, -0.25) is 4.57 Å². The molecule has 0 radical (unpaired) electrons. The molecule has 1 aromatic carbocycles. The maximum Gasteiger partial charge on any atom is 0.357 e. The first-order valence-electron chi connectivity index (χ1n) is 9.37. The van der Waals surface area contributed by atoms with E-state index in [0.29, 0.717) is 16.7 Å². The highest BCUT2D eigenvalue weighted by Gasteiger charge is 2.20. The Morgan fingerprint density at radius 1 is 1.27 bits per heavy atom. The molecule has 7 nitrogen and oxygen atoms in total. The monoisotopic (exact) mass is 440 g/mol. The van der Waals surface area contributed by atoms with E-state index >= 15 is 0 Å². The van der Waals surface area contributed by atoms with Crippen molar-refractivity contribution < 1.29 is 13.9 Å². The van der Waals surface area contributed by atoms with Crippen LogP contribution >= 0.6 is 23.1 Å². The first kappa shape index (κ1) is 20.4. The Labute approximate surface area is 182 Å². The van der Waals surface area contributed by atoms with Gasteiger partial charge in [0.1, 0.15) is 0 Å². The number of nitrogens with zero attached hydrogens (tertiary/aromatic N) is 4. The smallest absolute Gasteiger partial charge is 0.357 e. The number of imidazole rings is 1. The van der Waals surface area contributed by atoms with Crippen LogP contribution in [0.5, 0.6) is 0 Å². The fourth-order valence-corrected chi connectivity index (χ4v) is 4.62. The van der Waals surface area contributed by atoms with E-state index in [1.165, 1.54) is 28.4 Å². The van der Waals surface area contributed by atoms with Crippen LogP contribution in [0.2, 0.25) is 0 Å². The summed E-state index contributed by atoms with van der Waals surface area (Å²) in [4.78, 5) is 19.3. The zero-order valence-electron chi connectivity index (χ0n) is 16.8. The van der Waals surface area contributed by atoms with Crippen molar-refractivity contribution in [2.24, 2.45) is 0 Å². The number of carbonyl (C=O) groups is 1. The van der Waals surface area contributed by atoms with E-state index in [9.17, 15) is 4.79 Å². The summed E-state index contributed by atoms with van der Waals surface area (Å²) in [5, 5.41) is 8.80. The second-order valence-corrected chi connectivity index (χ2v) is 8.36. The molecule has 9 heteroatoms. The number of hydrogen-bond acceptors (Lipinski definition) is 8. The van der Waals surface area contributed by atoms with Gasteiger partial charge in [0.25, 0.3) is 11.8 Å². The fourth-order valence-electron chi connectivity index (χ4n) is 3.04. The van der Waals surface area contributed by atoms with Gasteiger partial charge in [0.05, 0.1) is 11.1 Å². The first-order valence-corrected chi connectivity index (χ1v) is 11.4. The Morgan fingerprint density at radius 2 is 2.07 bits per heavy atom. The molecule has 0 fully saturated rings. The minimum atomic E-state index is -0.508. The van der Waals surface area contributed by atoms with Gasteiger partial charge in [0.15, 0.2) is 17.5 Å². The number of aryl methyl sites for hydroxylation is 2. The van der Waals surface area contributed by atoms with E-state index in [2.05, 4.69) is 29.0 Å². The summed E-state index contributed by atoms with van der Waals surface area (Å²) in [7, 11) is 0. The molecule has 0 amide bonds. The van der Waals surface area contributed by atoms with E-state index in [-0.39, 0.29) is 12.5 Å². The van der Waals surface area contributed by atoms with E-state index in [4.69, 9.17) is 9.15 Å². The number of hydrogen-bond donors (Lipinski definition) is 0. The predicted molar refractivity (Wildman–Crippen MR) is 116 cm³/mol. The van der Waals surface area contributed by atoms with Gasteiger partial charge < -0.3 is 9.15 Å². The third-order valence-corrected chi connectivity index (χ3v) is 6.50. The molecule has 4 rings (SSSR count). The summed E-state index contributed by atoms with van der Waals surface area (Å²) in [6.07, 6.45) is 4.39. The molecule has 0 spiro atoms. The van der Waals surface area contributed by atoms with Crippen molar-refractivity contribution in [1.29, 1.82) is 0 Å². The Kier molecular flexibility index (Phi) is 6.01. The quantitative estimate of drug-likeness (QED) is 0.297. The average molecular weight is 441 g/mol. The Hall–Kier alpha value is -2.91. The molecule has 0 N–H and O–H groups in total. The third-order valence-electron chi connectivity index (χ3n) is 4.48. The van der Waals surface area contributed by atoms with Crippen LogP contribution in [-0.2, 0) is 17.8 Å². The number of esters is 1. The van der Waals surface area contributed by atoms with Crippen molar-refractivity contribution in [2.75, 3.05) is 6.26 Å². The lowest BCUT2D eigenvalue weighted by Crippen LogP contribution is -2.12. The molecule has 30 heavy (non-hydrogen) atoms. The standard InChI is InChI=1S/C21H20N4O3S2/c1-4-16-13(2)10-17(30-16)19-24-23-18(28-19)12-27-20(26)15-11-22-21(29-3)25(15)14-8-6-5-7-9-14/h5-11H,4,12H2,1-3H3. The molecule has 0 bridgehead atoms. The normalized spacial score (nSPS) is 11.0. The molecule has 3 aromatic heterocycles. The minimum absolute atomic E-state index is 0.106. The lowest BCUT2D eigenvalue weighted by atomic mass is 10.2. The van der Waals surface area contributed by atoms with Crippen LogP contribution in [-0.4, -0.2) is 32.0 Å². The molecule has 0 saturated carbocycles. The molecule has 0 aliphatic rings. The van der Waals surface area contributed by atoms with Crippen LogP contribution in [0.15, 0.2) is 52.2 Å². The van der Waals surface area contributed by atoms with Crippen molar-refractivity contribution >= 4 is 29.1 Å². The third kappa shape index (κ3) is 4.03. The van der Waals surface area contributed by atoms with Crippen LogP contribution in [0, 0.1) is 6.92 Å². The van der Waals surface area contributed by atoms with Crippen LogP contribution < -0.4 is 0 Å². The topological polar surface area (TPSA) is 83.0 Å². The van der Waals surface area contributed by atoms with Crippen LogP contribution in [0.1, 0.15) is 33.7 Å². The minimum Gasteiger partial charge on any atom is -0.451 e. The number of aromatic nitrogens is 4. The second-order valence-electron chi connectivity index (χ2n) is 6.45. The summed E-state index contributed by atoms with van der Waals surface area (Å²) in [5.74, 6) is 0.179. The van der Waals surface area contributed by atoms with Crippen molar-refractivity contribution in [3.8, 4) is 16.5 Å². The summed E-state index contributed by atoms with van der Waals surface area (Å²) in [6, 6.07) is 11.6. The number of thioether (sulfide) groups is 1. The van der Waals surface area contributed by atoms with Gasteiger partial charge >= 0.3 is 5.97 Å². The highest BCUT2D eigenvalue weighted by molar-refractivity contribution is 7.98. The molecule has 0 saturated heterocycles. The maximum atomic E-state index is 12.7. The molecule has 3 heterocycles. The molecule has 0 aliphatic carbocycles. The number of carbonyl (C=O) groups excluding carboxylic acids is 1. The molecule has 0 atom stereocenters. The molecule has 0 unspecified atom stereocenters. The van der Waals surface area contributed by atoms with Crippen LogP contribution in [0.3, 0.4) is 0 Å². The first-order chi connectivity index (χ1) is 14.6. The van der Waals surface area contributed by atoms with Crippen LogP contribution in [0.25, 0.3) is 16.5 Å². The fraction of sp³-hybridized carbons (Fsp3) is 0.238. The van der Waals surface area contributed by atoms with Crippen molar-refractivity contribution in [1.82, 2.24) is 19.7 Å². The van der Waals surface area contributed by atoms with E-state index < -0.39 is 5.97 Å². The lowest BCUT2D eigenvalue weighted by molar-refractivity contribution is 0.0428. The van der Waals surface area contributed by atoms with Crippen molar-refractivity contribution in [2.45, 2.75) is 32.0 Å². The predicted octanol–water partition coefficient (Wildman–Crippen LogP) is 4.93. The Morgan fingerprint density at radius 3 is 2.77 bits per heavy atom.